The molecule has 6 heteroatoms. The molecular weight excluding hydrogens is 705 g/mol. The van der Waals surface area contributed by atoms with Crippen molar-refractivity contribution in [1.82, 2.24) is 9.97 Å². The van der Waals surface area contributed by atoms with Gasteiger partial charge in [-0.25, -0.2) is 4.39 Å². The zero-order valence-electron chi connectivity index (χ0n) is 23.4. The summed E-state index contributed by atoms with van der Waals surface area (Å²) in [7, 11) is 4.61. The second-order valence-corrected chi connectivity index (χ2v) is 11.9. The molecular formula is C34H31ClF2N2Pt. The summed E-state index contributed by atoms with van der Waals surface area (Å²) in [5.41, 5.74) is 6.56. The van der Waals surface area contributed by atoms with Gasteiger partial charge in [-0.3, -0.25) is 14.4 Å². The van der Waals surface area contributed by atoms with E-state index in [1.807, 2.05) is 48.7 Å². The van der Waals surface area contributed by atoms with Crippen LogP contribution in [0.4, 0.5) is 8.78 Å². The summed E-state index contributed by atoms with van der Waals surface area (Å²) in [6.45, 7) is 13.2. The quantitative estimate of drug-likeness (QED) is 0.173. The first-order valence-electron chi connectivity index (χ1n) is 12.9. The van der Waals surface area contributed by atoms with Crippen molar-refractivity contribution in [2.75, 3.05) is 0 Å². The topological polar surface area (TPSA) is 25.8 Å². The van der Waals surface area contributed by atoms with Crippen molar-refractivity contribution in [3.63, 3.8) is 0 Å². The van der Waals surface area contributed by atoms with Crippen molar-refractivity contribution >= 4 is 20.2 Å². The van der Waals surface area contributed by atoms with E-state index >= 15 is 0 Å². The van der Waals surface area contributed by atoms with Crippen LogP contribution in [0.3, 0.4) is 0 Å². The summed E-state index contributed by atoms with van der Waals surface area (Å²) < 4.78 is 27.9. The monoisotopic (exact) mass is 735 g/mol. The Morgan fingerprint density at radius 3 is 1.85 bits per heavy atom. The first-order valence-corrected chi connectivity index (χ1v) is 15.7. The van der Waals surface area contributed by atoms with E-state index in [0.717, 1.165) is 34.0 Å². The van der Waals surface area contributed by atoms with Crippen molar-refractivity contribution in [3.05, 3.63) is 108 Å². The Hall–Kier alpha value is -2.94. The van der Waals surface area contributed by atoms with Gasteiger partial charge in [-0.05, 0) is 56.3 Å². The zero-order chi connectivity index (χ0) is 29.2. The van der Waals surface area contributed by atoms with Crippen LogP contribution in [0, 0.1) is 17.7 Å². The zero-order valence-corrected chi connectivity index (χ0v) is 26.4. The molecule has 5 aromatic rings. The fraction of sp³-hybridized carbons (Fsp3) is 0.235. The van der Waals surface area contributed by atoms with Crippen molar-refractivity contribution < 1.29 is 27.6 Å². The molecule has 0 amide bonds. The van der Waals surface area contributed by atoms with Gasteiger partial charge in [0.2, 0.25) is 0 Å². The molecule has 0 aliphatic heterocycles. The molecule has 0 atom stereocenters. The maximum atomic E-state index is 14.2. The number of hydrogen-bond donors (Lipinski definition) is 0. The van der Waals surface area contributed by atoms with Gasteiger partial charge in [-0.1, -0.05) is 90.1 Å². The van der Waals surface area contributed by atoms with Crippen LogP contribution in [0.25, 0.3) is 44.5 Å². The predicted octanol–water partition coefficient (Wildman–Crippen LogP) is 9.99. The van der Waals surface area contributed by atoms with Crippen molar-refractivity contribution in [1.29, 1.82) is 0 Å². The third-order valence-electron chi connectivity index (χ3n) is 6.85. The summed E-state index contributed by atoms with van der Waals surface area (Å²) in [4.78, 5) is 9.52. The first kappa shape index (κ1) is 30.0. The van der Waals surface area contributed by atoms with Crippen LogP contribution in [-0.2, 0) is 29.6 Å². The van der Waals surface area contributed by atoms with Gasteiger partial charge in [-0.2, -0.15) is 0 Å². The van der Waals surface area contributed by atoms with Gasteiger partial charge in [0.15, 0.2) is 0 Å². The number of fused-ring (bicyclic) bond motifs is 1. The standard InChI is InChI=1S/C34H31F2N2.ClH.Pt/c1-33(2,3)26-13-24(14-27(19-26)34(4,5)6)25-17-30(22-11-12-28(35)29(36)15-22)38-32(18-25)31-16-21-9-7-8-10-23(21)20-37-31;;/h7-10,12-20H,1-6H3;1H;/q-1;;+2/p-1. The number of hydrogen-bond acceptors (Lipinski definition) is 2. The Balaban J connectivity index is 0.00000181. The van der Waals surface area contributed by atoms with Crippen LogP contribution in [-0.4, -0.2) is 9.97 Å². The Kier molecular flexibility index (Phi) is 8.92. The normalized spacial score (nSPS) is 11.8. The first-order chi connectivity index (χ1) is 18.9. The Morgan fingerprint density at radius 2 is 1.25 bits per heavy atom. The van der Waals surface area contributed by atoms with Crippen LogP contribution >= 0.6 is 9.42 Å². The molecule has 0 aliphatic carbocycles. The second kappa shape index (κ2) is 11.9. The summed E-state index contributed by atoms with van der Waals surface area (Å²) >= 11 is 1.61. The Bertz CT molecular complexity index is 1640. The molecule has 0 unspecified atom stereocenters. The van der Waals surface area contributed by atoms with E-state index in [1.54, 1.807) is 18.8 Å². The average molecular weight is 736 g/mol. The van der Waals surface area contributed by atoms with Gasteiger partial charge in [0.1, 0.15) is 0 Å². The van der Waals surface area contributed by atoms with Crippen LogP contribution in [0.5, 0.6) is 0 Å². The molecule has 0 aliphatic rings. The fourth-order valence-electron chi connectivity index (χ4n) is 4.45. The van der Waals surface area contributed by atoms with Crippen molar-refractivity contribution in [2.45, 2.75) is 52.4 Å². The van der Waals surface area contributed by atoms with Gasteiger partial charge in [0.25, 0.3) is 0 Å². The van der Waals surface area contributed by atoms with Crippen molar-refractivity contribution in [3.8, 4) is 33.8 Å². The molecule has 0 fully saturated rings. The van der Waals surface area contributed by atoms with Crippen LogP contribution in [0.1, 0.15) is 52.7 Å². The molecule has 0 N–H and O–H groups in total. The number of nitrogens with zero attached hydrogens (tertiary/aromatic N) is 2. The summed E-state index contributed by atoms with van der Waals surface area (Å²) in [6.07, 6.45) is 1.83. The van der Waals surface area contributed by atoms with E-state index in [4.69, 9.17) is 4.98 Å². The SMILES string of the molecule is CC(C)(C)c1cc(-c2cc(-c3[c-]cc(F)c(F)c3)nc(-c3cc4ccccc4cn3)c2)cc(C(C)(C)C)c1.[Cl][Pt+]. The molecule has 208 valence electrons. The number of benzene rings is 3. The minimum atomic E-state index is -0.936. The maximum absolute atomic E-state index is 14.2. The number of aromatic nitrogens is 2. The van der Waals surface area contributed by atoms with Gasteiger partial charge in [-0.15, -0.1) is 23.8 Å². The number of rotatable bonds is 3. The summed E-state index contributed by atoms with van der Waals surface area (Å²) in [5.74, 6) is -1.87. The number of pyridine rings is 2. The molecule has 0 radical (unpaired) electrons. The average Bonchev–Trinajstić information content (AvgIpc) is 2.94. The molecule has 5 rings (SSSR count). The van der Waals surface area contributed by atoms with E-state index in [2.05, 4.69) is 80.2 Å². The van der Waals surface area contributed by atoms with E-state index in [0.29, 0.717) is 22.6 Å². The third kappa shape index (κ3) is 6.67. The summed E-state index contributed by atoms with van der Waals surface area (Å²) in [5, 5.41) is 2.09. The number of halogens is 3. The predicted molar refractivity (Wildman–Crippen MR) is 158 cm³/mol. The molecule has 40 heavy (non-hydrogen) atoms. The third-order valence-corrected chi connectivity index (χ3v) is 6.85. The van der Waals surface area contributed by atoms with E-state index in [9.17, 15) is 8.78 Å². The van der Waals surface area contributed by atoms with E-state index < -0.39 is 11.6 Å². The molecule has 0 saturated carbocycles. The second-order valence-electron chi connectivity index (χ2n) is 11.9. The van der Waals surface area contributed by atoms with Gasteiger partial charge in [0, 0.05) is 11.6 Å². The molecule has 3 aromatic carbocycles. The van der Waals surface area contributed by atoms with Crippen LogP contribution in [0.2, 0.25) is 0 Å². The Labute approximate surface area is 250 Å². The Morgan fingerprint density at radius 1 is 0.675 bits per heavy atom. The molecule has 2 aromatic heterocycles. The molecule has 2 heterocycles. The fourth-order valence-corrected chi connectivity index (χ4v) is 4.45. The van der Waals surface area contributed by atoms with Crippen LogP contribution < -0.4 is 0 Å². The summed E-state index contributed by atoms with van der Waals surface area (Å²) in [6, 6.07) is 25.7. The van der Waals surface area contributed by atoms with Gasteiger partial charge in [0.05, 0.1) is 23.0 Å². The van der Waals surface area contributed by atoms with Crippen LogP contribution in [0.15, 0.2) is 79.0 Å². The molecule has 0 saturated heterocycles. The van der Waals surface area contributed by atoms with Gasteiger partial charge >= 0.3 is 28.2 Å². The van der Waals surface area contributed by atoms with E-state index in [1.165, 1.54) is 11.1 Å². The van der Waals surface area contributed by atoms with E-state index in [-0.39, 0.29) is 10.8 Å². The molecule has 0 bridgehead atoms. The van der Waals surface area contributed by atoms with Crippen molar-refractivity contribution in [2.24, 2.45) is 0 Å². The van der Waals surface area contributed by atoms with Gasteiger partial charge < -0.3 is 0 Å². The minimum absolute atomic E-state index is 0.0531. The molecule has 2 nitrogen and oxygen atoms in total. The molecule has 0 spiro atoms.